The quantitative estimate of drug-likeness (QED) is 0.406. The molecule has 11 heteroatoms. The van der Waals surface area contributed by atoms with Crippen molar-refractivity contribution in [3.8, 4) is 17.2 Å². The molecule has 0 radical (unpaired) electrons. The van der Waals surface area contributed by atoms with Crippen LogP contribution in [0.15, 0.2) is 52.9 Å². The van der Waals surface area contributed by atoms with Crippen LogP contribution in [-0.2, 0) is 19.1 Å². The van der Waals surface area contributed by atoms with E-state index in [2.05, 4.69) is 5.32 Å². The lowest BCUT2D eigenvalue weighted by atomic mass is 9.65. The van der Waals surface area contributed by atoms with Crippen molar-refractivity contribution in [3.63, 3.8) is 0 Å². The summed E-state index contributed by atoms with van der Waals surface area (Å²) < 4.78 is 27.0. The summed E-state index contributed by atoms with van der Waals surface area (Å²) in [4.78, 5) is 54.1. The number of benzene rings is 2. The van der Waals surface area contributed by atoms with Crippen molar-refractivity contribution in [2.24, 2.45) is 5.92 Å². The molecule has 10 nitrogen and oxygen atoms in total. The summed E-state index contributed by atoms with van der Waals surface area (Å²) >= 11 is 6.56. The maximum Gasteiger partial charge on any atom is 0.337 e. The van der Waals surface area contributed by atoms with Crippen LogP contribution < -0.4 is 19.5 Å². The van der Waals surface area contributed by atoms with Crippen molar-refractivity contribution < 1.29 is 42.9 Å². The van der Waals surface area contributed by atoms with Gasteiger partial charge in [-0.2, -0.15) is 0 Å². The number of Topliss-reactive ketones (excluding diaryl/α,β-unsaturated/α-hetero) is 2. The Morgan fingerprint density at radius 1 is 0.976 bits per heavy atom. The Bertz CT molecular complexity index is 1570. The van der Waals surface area contributed by atoms with Crippen LogP contribution in [-0.4, -0.2) is 57.5 Å². The topological polar surface area (TPSA) is 126 Å². The molecular weight excluding hydrogens is 554 g/mol. The molecule has 0 amide bonds. The van der Waals surface area contributed by atoms with Gasteiger partial charge in [0, 0.05) is 34.9 Å². The first kappa shape index (κ1) is 28.2. The van der Waals surface area contributed by atoms with E-state index >= 15 is 0 Å². The van der Waals surface area contributed by atoms with Crippen LogP contribution in [0, 0.1) is 5.92 Å². The first-order valence-corrected chi connectivity index (χ1v) is 13.1. The number of halogens is 1. The fourth-order valence-corrected chi connectivity index (χ4v) is 6.18. The highest BCUT2D eigenvalue weighted by molar-refractivity contribution is 6.36. The summed E-state index contributed by atoms with van der Waals surface area (Å²) in [5.41, 5.74) is 0.338. The third-order valence-electron chi connectivity index (χ3n) is 7.92. The van der Waals surface area contributed by atoms with Gasteiger partial charge in [-0.25, -0.2) is 9.59 Å². The fourth-order valence-electron chi connectivity index (χ4n) is 5.92. The van der Waals surface area contributed by atoms with E-state index in [1.165, 1.54) is 34.5 Å². The largest absolute Gasteiger partial charge is 0.496 e. The molecule has 1 spiro atoms. The lowest BCUT2D eigenvalue weighted by molar-refractivity contribution is -0.136. The molecule has 2 aliphatic heterocycles. The van der Waals surface area contributed by atoms with Gasteiger partial charge < -0.3 is 29.0 Å². The fraction of sp³-hybridized carbons (Fsp3) is 0.333. The van der Waals surface area contributed by atoms with Gasteiger partial charge in [0.05, 0.1) is 39.6 Å². The summed E-state index contributed by atoms with van der Waals surface area (Å²) in [6, 6.07) is 7.84. The molecule has 2 aromatic carbocycles. The zero-order valence-electron chi connectivity index (χ0n) is 23.3. The third-order valence-corrected chi connectivity index (χ3v) is 8.28. The molecule has 3 atom stereocenters. The van der Waals surface area contributed by atoms with Crippen molar-refractivity contribution in [2.75, 3.05) is 28.4 Å². The van der Waals surface area contributed by atoms with Gasteiger partial charge in [0.25, 0.3) is 0 Å². The summed E-state index contributed by atoms with van der Waals surface area (Å²) in [6.07, 6.45) is 0.250. The third kappa shape index (κ3) is 4.00. The van der Waals surface area contributed by atoms with E-state index in [4.69, 9.17) is 35.3 Å². The number of carbonyl (C=O) groups is 4. The smallest absolute Gasteiger partial charge is 0.337 e. The van der Waals surface area contributed by atoms with Crippen LogP contribution in [0.5, 0.6) is 17.2 Å². The zero-order chi connectivity index (χ0) is 29.8. The average Bonchev–Trinajstić information content (AvgIpc) is 3.29. The molecule has 0 aromatic heterocycles. The Hall–Kier alpha value is -4.31. The predicted octanol–water partition coefficient (Wildman–Crippen LogP) is 4.15. The molecule has 3 aliphatic rings. The van der Waals surface area contributed by atoms with E-state index in [1.807, 2.05) is 0 Å². The highest BCUT2D eigenvalue weighted by Crippen LogP contribution is 2.56. The summed E-state index contributed by atoms with van der Waals surface area (Å²) in [7, 11) is 5.33. The van der Waals surface area contributed by atoms with Gasteiger partial charge in [-0.1, -0.05) is 30.7 Å². The van der Waals surface area contributed by atoms with E-state index in [0.717, 1.165) is 0 Å². The number of ketones is 2. The second kappa shape index (κ2) is 10.3. The van der Waals surface area contributed by atoms with E-state index in [9.17, 15) is 19.2 Å². The zero-order valence-corrected chi connectivity index (χ0v) is 24.1. The second-order valence-electron chi connectivity index (χ2n) is 9.99. The van der Waals surface area contributed by atoms with E-state index < -0.39 is 40.9 Å². The summed E-state index contributed by atoms with van der Waals surface area (Å²) in [5, 5.41) is 3.24. The number of hydrogen-bond acceptors (Lipinski definition) is 10. The van der Waals surface area contributed by atoms with Gasteiger partial charge in [0.2, 0.25) is 17.2 Å². The van der Waals surface area contributed by atoms with E-state index in [0.29, 0.717) is 22.5 Å². The molecule has 0 bridgehead atoms. The van der Waals surface area contributed by atoms with Gasteiger partial charge in [-0.15, -0.1) is 0 Å². The molecule has 0 saturated heterocycles. The molecule has 2 heterocycles. The van der Waals surface area contributed by atoms with Crippen molar-refractivity contribution in [1.29, 1.82) is 0 Å². The van der Waals surface area contributed by atoms with Gasteiger partial charge >= 0.3 is 11.9 Å². The van der Waals surface area contributed by atoms with E-state index in [1.54, 1.807) is 38.1 Å². The van der Waals surface area contributed by atoms with Crippen molar-refractivity contribution in [3.05, 3.63) is 74.6 Å². The minimum Gasteiger partial charge on any atom is -0.496 e. The standard InChI is InChI=1S/C30H28ClNO9/c1-13-11-17-22(26(33)30(13)27(34)23-18(37-3)12-19(38-4)24(31)25(23)41-30)21(20(14(2)32-17)29(36)40-6)15-7-9-16(10-8-15)28(35)39-5/h7-10,12-13,21,32H,11H2,1-6H3. The normalized spacial score (nSPS) is 23.0. The molecule has 0 fully saturated rings. The van der Waals surface area contributed by atoms with Gasteiger partial charge in [-0.05, 0) is 31.0 Å². The highest BCUT2D eigenvalue weighted by Gasteiger charge is 2.63. The monoisotopic (exact) mass is 581 g/mol. The molecule has 1 aliphatic carbocycles. The molecule has 1 N–H and O–H groups in total. The number of fused-ring (bicyclic) bond motifs is 1. The summed E-state index contributed by atoms with van der Waals surface area (Å²) in [6.45, 7) is 3.47. The minimum atomic E-state index is -1.97. The van der Waals surface area contributed by atoms with Crippen LogP contribution in [0.25, 0.3) is 0 Å². The number of hydrogen-bond donors (Lipinski definition) is 1. The van der Waals surface area contributed by atoms with Crippen LogP contribution >= 0.6 is 11.6 Å². The van der Waals surface area contributed by atoms with Crippen molar-refractivity contribution >= 4 is 35.1 Å². The minimum absolute atomic E-state index is 0.000203. The number of ether oxygens (including phenoxy) is 5. The Morgan fingerprint density at radius 2 is 1.61 bits per heavy atom. The first-order valence-electron chi connectivity index (χ1n) is 12.8. The Kier molecular flexibility index (Phi) is 7.07. The van der Waals surface area contributed by atoms with Crippen molar-refractivity contribution in [2.45, 2.75) is 31.8 Å². The van der Waals surface area contributed by atoms with Gasteiger partial charge in [-0.3, -0.25) is 9.59 Å². The lowest BCUT2D eigenvalue weighted by Crippen LogP contribution is -2.58. The van der Waals surface area contributed by atoms with Crippen LogP contribution in [0.1, 0.15) is 52.5 Å². The molecule has 41 heavy (non-hydrogen) atoms. The summed E-state index contributed by atoms with van der Waals surface area (Å²) in [5.74, 6) is -3.57. The molecular formula is C30H28ClNO9. The number of esters is 2. The Balaban J connectivity index is 1.69. The predicted molar refractivity (Wildman–Crippen MR) is 146 cm³/mol. The number of allylic oxidation sites excluding steroid dienone is 2. The number of dihydropyridines is 1. The number of rotatable bonds is 5. The van der Waals surface area contributed by atoms with E-state index in [-0.39, 0.29) is 45.4 Å². The van der Waals surface area contributed by atoms with Gasteiger partial charge in [0.1, 0.15) is 22.1 Å². The van der Waals surface area contributed by atoms with Crippen LogP contribution in [0.3, 0.4) is 0 Å². The van der Waals surface area contributed by atoms with Crippen LogP contribution in [0.4, 0.5) is 0 Å². The molecule has 214 valence electrons. The van der Waals surface area contributed by atoms with Gasteiger partial charge in [0.15, 0.2) is 5.75 Å². The second-order valence-corrected chi connectivity index (χ2v) is 10.4. The van der Waals surface area contributed by atoms with Crippen molar-refractivity contribution in [1.82, 2.24) is 5.32 Å². The molecule has 3 unspecified atom stereocenters. The Morgan fingerprint density at radius 3 is 2.20 bits per heavy atom. The average molecular weight is 582 g/mol. The maximum absolute atomic E-state index is 14.7. The lowest BCUT2D eigenvalue weighted by Gasteiger charge is -2.42. The number of nitrogens with one attached hydrogen (secondary N) is 1. The Labute approximate surface area is 241 Å². The maximum atomic E-state index is 14.7. The first-order chi connectivity index (χ1) is 19.5. The SMILES string of the molecule is COC(=O)C1=C(C)NC2=C(C(=O)C3(Oc4c(Cl)c(OC)cc(OC)c4C3=O)C(C)C2)C1c1ccc(C(=O)OC)cc1. The molecule has 2 aromatic rings. The number of carbonyl (C=O) groups excluding carboxylic acids is 4. The molecule has 0 saturated carbocycles. The highest BCUT2D eigenvalue weighted by atomic mass is 35.5. The number of methoxy groups -OCH3 is 4. The molecule has 5 rings (SSSR count). The van der Waals surface area contributed by atoms with Crippen LogP contribution in [0.2, 0.25) is 5.02 Å².